The minimum Gasteiger partial charge on any atom is -0.392 e. The molecule has 3 aromatic rings. The molecule has 1 heterocycles. The first-order chi connectivity index (χ1) is 10.1. The maximum atomic E-state index is 9.63. The average Bonchev–Trinajstić information content (AvgIpc) is 2.75. The molecule has 1 aromatic heterocycles. The fourth-order valence-electron chi connectivity index (χ4n) is 2.81. The topological polar surface area (TPSA) is 25.2 Å². The van der Waals surface area contributed by atoms with Crippen molar-refractivity contribution in [3.8, 4) is 0 Å². The number of para-hydroxylation sites is 1. The molecule has 1 N–H and O–H groups in total. The molecule has 2 nitrogen and oxygen atoms in total. The van der Waals surface area contributed by atoms with Crippen molar-refractivity contribution in [2.24, 2.45) is 0 Å². The number of aliphatic hydroxyl groups is 1. The highest BCUT2D eigenvalue weighted by atomic mass is 35.5. The number of halogens is 1. The van der Waals surface area contributed by atoms with Crippen LogP contribution < -0.4 is 0 Å². The van der Waals surface area contributed by atoms with Gasteiger partial charge in [0.1, 0.15) is 5.15 Å². The van der Waals surface area contributed by atoms with Crippen LogP contribution in [0.2, 0.25) is 5.15 Å². The molecule has 0 fully saturated rings. The zero-order valence-electron chi connectivity index (χ0n) is 12.2. The Bertz CT molecular complexity index is 787. The number of benzene rings is 2. The summed E-state index contributed by atoms with van der Waals surface area (Å²) in [7, 11) is 0. The van der Waals surface area contributed by atoms with E-state index in [4.69, 9.17) is 11.6 Å². The summed E-state index contributed by atoms with van der Waals surface area (Å²) >= 11 is 6.51. The standard InChI is InChI=1S/C18H18ClNO/c1-12-6-8-14(9-7-12)10-20-17-13(2)4-3-5-15(17)16(11-21)18(20)19/h3-9,21H,10-11H2,1-2H3. The van der Waals surface area contributed by atoms with Crippen molar-refractivity contribution in [3.63, 3.8) is 0 Å². The second-order valence-corrected chi connectivity index (χ2v) is 5.83. The van der Waals surface area contributed by atoms with Gasteiger partial charge in [-0.25, -0.2) is 0 Å². The van der Waals surface area contributed by atoms with Gasteiger partial charge in [-0.05, 0) is 25.0 Å². The molecule has 0 unspecified atom stereocenters. The average molecular weight is 300 g/mol. The molecule has 0 spiro atoms. The van der Waals surface area contributed by atoms with E-state index < -0.39 is 0 Å². The van der Waals surface area contributed by atoms with Gasteiger partial charge in [0, 0.05) is 17.5 Å². The van der Waals surface area contributed by atoms with Crippen LogP contribution in [0.3, 0.4) is 0 Å². The molecule has 0 saturated carbocycles. The third kappa shape index (κ3) is 2.45. The van der Waals surface area contributed by atoms with Gasteiger partial charge in [0.2, 0.25) is 0 Å². The predicted octanol–water partition coefficient (Wildman–Crippen LogP) is 4.45. The van der Waals surface area contributed by atoms with Crippen molar-refractivity contribution in [1.82, 2.24) is 4.57 Å². The van der Waals surface area contributed by atoms with Crippen LogP contribution in [-0.4, -0.2) is 9.67 Å². The molecule has 0 amide bonds. The normalized spacial score (nSPS) is 11.2. The molecule has 0 radical (unpaired) electrons. The van der Waals surface area contributed by atoms with Crippen molar-refractivity contribution in [2.45, 2.75) is 27.0 Å². The third-order valence-electron chi connectivity index (χ3n) is 3.94. The van der Waals surface area contributed by atoms with Gasteiger partial charge in [-0.3, -0.25) is 0 Å². The highest BCUT2D eigenvalue weighted by Gasteiger charge is 2.16. The fourth-order valence-corrected chi connectivity index (χ4v) is 3.11. The molecule has 3 heteroatoms. The van der Waals surface area contributed by atoms with Gasteiger partial charge in [0.25, 0.3) is 0 Å². The van der Waals surface area contributed by atoms with E-state index in [1.807, 2.05) is 12.1 Å². The molecule has 0 aliphatic rings. The third-order valence-corrected chi connectivity index (χ3v) is 4.37. The molecule has 0 aliphatic heterocycles. The second-order valence-electron chi connectivity index (χ2n) is 5.47. The highest BCUT2D eigenvalue weighted by molar-refractivity contribution is 6.32. The molecule has 108 valence electrons. The van der Waals surface area contributed by atoms with E-state index in [2.05, 4.69) is 48.7 Å². The smallest absolute Gasteiger partial charge is 0.115 e. The number of fused-ring (bicyclic) bond motifs is 1. The van der Waals surface area contributed by atoms with E-state index in [9.17, 15) is 5.11 Å². The number of aromatic nitrogens is 1. The first-order valence-corrected chi connectivity index (χ1v) is 7.42. The summed E-state index contributed by atoms with van der Waals surface area (Å²) in [4.78, 5) is 0. The minimum atomic E-state index is -0.0420. The molecule has 2 aromatic carbocycles. The van der Waals surface area contributed by atoms with E-state index in [-0.39, 0.29) is 6.61 Å². The summed E-state index contributed by atoms with van der Waals surface area (Å²) < 4.78 is 2.09. The Hall–Kier alpha value is -1.77. The van der Waals surface area contributed by atoms with Gasteiger partial charge in [0.15, 0.2) is 0 Å². The second kappa shape index (κ2) is 5.55. The Balaban J connectivity index is 2.17. The molecular weight excluding hydrogens is 282 g/mol. The van der Waals surface area contributed by atoms with Gasteiger partial charge in [-0.1, -0.05) is 59.6 Å². The van der Waals surface area contributed by atoms with E-state index in [1.165, 1.54) is 16.7 Å². The van der Waals surface area contributed by atoms with Gasteiger partial charge in [-0.15, -0.1) is 0 Å². The van der Waals surface area contributed by atoms with Gasteiger partial charge >= 0.3 is 0 Å². The van der Waals surface area contributed by atoms with Gasteiger partial charge in [0.05, 0.1) is 12.1 Å². The molecule has 3 rings (SSSR count). The van der Waals surface area contributed by atoms with E-state index in [0.717, 1.165) is 16.5 Å². The Morgan fingerprint density at radius 1 is 1.05 bits per heavy atom. The summed E-state index contributed by atoms with van der Waals surface area (Å²) in [5.41, 5.74) is 5.53. The van der Waals surface area contributed by atoms with Crippen LogP contribution in [0.5, 0.6) is 0 Å². The van der Waals surface area contributed by atoms with Crippen molar-refractivity contribution >= 4 is 22.5 Å². The summed E-state index contributed by atoms with van der Waals surface area (Å²) in [5.74, 6) is 0. The SMILES string of the molecule is Cc1ccc(Cn2c(Cl)c(CO)c3cccc(C)c32)cc1. The molecule has 0 aliphatic carbocycles. The maximum Gasteiger partial charge on any atom is 0.115 e. The quantitative estimate of drug-likeness (QED) is 0.759. The summed E-state index contributed by atoms with van der Waals surface area (Å²) in [6, 6.07) is 14.5. The molecule has 0 bridgehead atoms. The summed E-state index contributed by atoms with van der Waals surface area (Å²) in [6.07, 6.45) is 0. The number of aliphatic hydroxyl groups excluding tert-OH is 1. The number of nitrogens with zero attached hydrogens (tertiary/aromatic N) is 1. The number of hydrogen-bond donors (Lipinski definition) is 1. The van der Waals surface area contributed by atoms with Crippen molar-refractivity contribution in [1.29, 1.82) is 0 Å². The van der Waals surface area contributed by atoms with Crippen molar-refractivity contribution < 1.29 is 5.11 Å². The Morgan fingerprint density at radius 3 is 2.43 bits per heavy atom. The van der Waals surface area contributed by atoms with Gasteiger partial charge < -0.3 is 9.67 Å². The fraction of sp³-hybridized carbons (Fsp3) is 0.222. The zero-order chi connectivity index (χ0) is 15.0. The maximum absolute atomic E-state index is 9.63. The van der Waals surface area contributed by atoms with Crippen LogP contribution in [0.1, 0.15) is 22.3 Å². The minimum absolute atomic E-state index is 0.0420. The lowest BCUT2D eigenvalue weighted by Crippen LogP contribution is -2.01. The lowest BCUT2D eigenvalue weighted by atomic mass is 10.1. The van der Waals surface area contributed by atoms with E-state index >= 15 is 0 Å². The zero-order valence-corrected chi connectivity index (χ0v) is 13.0. The van der Waals surface area contributed by atoms with Crippen LogP contribution in [0, 0.1) is 13.8 Å². The number of rotatable bonds is 3. The Kier molecular flexibility index (Phi) is 3.75. The van der Waals surface area contributed by atoms with Crippen LogP contribution in [0.4, 0.5) is 0 Å². The first-order valence-electron chi connectivity index (χ1n) is 7.04. The lowest BCUT2D eigenvalue weighted by molar-refractivity contribution is 0.283. The summed E-state index contributed by atoms with van der Waals surface area (Å²) in [5, 5.41) is 11.3. The highest BCUT2D eigenvalue weighted by Crippen LogP contribution is 2.32. The monoisotopic (exact) mass is 299 g/mol. The molecule has 0 atom stereocenters. The Labute approximate surface area is 129 Å². The van der Waals surface area contributed by atoms with Crippen LogP contribution in [0.25, 0.3) is 10.9 Å². The molecule has 21 heavy (non-hydrogen) atoms. The first kappa shape index (κ1) is 14.2. The number of aryl methyl sites for hydroxylation is 2. The number of hydrogen-bond acceptors (Lipinski definition) is 1. The largest absolute Gasteiger partial charge is 0.392 e. The lowest BCUT2D eigenvalue weighted by Gasteiger charge is -2.09. The van der Waals surface area contributed by atoms with Gasteiger partial charge in [-0.2, -0.15) is 0 Å². The van der Waals surface area contributed by atoms with Crippen LogP contribution in [0.15, 0.2) is 42.5 Å². The molecule has 0 saturated heterocycles. The molecular formula is C18H18ClNO. The van der Waals surface area contributed by atoms with Crippen molar-refractivity contribution in [3.05, 3.63) is 69.9 Å². The van der Waals surface area contributed by atoms with E-state index in [0.29, 0.717) is 11.7 Å². The van der Waals surface area contributed by atoms with E-state index in [1.54, 1.807) is 0 Å². The Morgan fingerprint density at radius 2 is 1.76 bits per heavy atom. The predicted molar refractivity (Wildman–Crippen MR) is 87.9 cm³/mol. The summed E-state index contributed by atoms with van der Waals surface area (Å²) in [6.45, 7) is 4.82. The van der Waals surface area contributed by atoms with Crippen molar-refractivity contribution in [2.75, 3.05) is 0 Å². The van der Waals surface area contributed by atoms with Crippen LogP contribution >= 0.6 is 11.6 Å². The van der Waals surface area contributed by atoms with Crippen LogP contribution in [-0.2, 0) is 13.2 Å².